The zero-order valence-electron chi connectivity index (χ0n) is 35.0. The molecule has 0 spiro atoms. The summed E-state index contributed by atoms with van der Waals surface area (Å²) in [6, 6.07) is 10.0. The number of nitrogens with zero attached hydrogens (tertiary/aromatic N) is 4. The standard InChI is InChI=1S/C32H32ClF4N5S2.C9H10F4N2O.C2H6/c1-32(2,43-4)12-11-21-5-8-23(29(39-21)26(38-3)15-18-13-19(34)16-20(35)14-18)24-9-10-25(33)28-30(24)42(17-27(36)37)40-31(28)41-44-22-6-7-22;1-4-2-5(6(14)8(10)11)7(15-3-16)9(4,12)13;1-2/h5,8-10,13-14,16,22,26-27,38H,6-7,15,17H2,1-4H3,(H,40,41);3-4,8H,2,14H2,1H3;1-2H3/b;6-5-,15-7?;/t;4-;/m.1./s1. The number of aromatic nitrogens is 3. The maximum Gasteiger partial charge on any atom is 0.292 e. The summed E-state index contributed by atoms with van der Waals surface area (Å²) in [6.07, 6.45) is -1.76. The molecule has 1 unspecified atom stereocenters. The number of likely N-dealkylation sites (N-methyl/N-ethyl adjacent to an activating group) is 1. The second-order valence-corrected chi connectivity index (χ2v) is 17.6. The molecule has 1 amide bonds. The number of allylic oxidation sites excluding steroid dienone is 2. The second kappa shape index (κ2) is 21.9. The van der Waals surface area contributed by atoms with E-state index in [2.05, 4.69) is 32.0 Å². The van der Waals surface area contributed by atoms with Gasteiger partial charge >= 0.3 is 0 Å². The Kier molecular flexibility index (Phi) is 17.7. The maximum atomic E-state index is 14.1. The summed E-state index contributed by atoms with van der Waals surface area (Å²) in [5.74, 6) is 0.865. The van der Waals surface area contributed by atoms with Crippen molar-refractivity contribution in [2.75, 3.05) is 18.0 Å². The lowest BCUT2D eigenvalue weighted by Gasteiger charge is -2.21. The van der Waals surface area contributed by atoms with Crippen LogP contribution in [-0.4, -0.2) is 69.0 Å². The molecule has 2 aliphatic carbocycles. The Labute approximate surface area is 369 Å². The number of benzene rings is 2. The minimum Gasteiger partial charge on any atom is -0.397 e. The van der Waals surface area contributed by atoms with Gasteiger partial charge in [-0.3, -0.25) is 9.48 Å². The van der Waals surface area contributed by atoms with Gasteiger partial charge in [0.1, 0.15) is 29.6 Å². The number of fused-ring (bicyclic) bond motifs is 1. The smallest absolute Gasteiger partial charge is 0.292 e. The molecule has 6 rings (SSSR count). The third-order valence-corrected chi connectivity index (χ3v) is 12.3. The van der Waals surface area contributed by atoms with Gasteiger partial charge < -0.3 is 15.8 Å². The highest BCUT2D eigenvalue weighted by molar-refractivity contribution is 8.01. The van der Waals surface area contributed by atoms with E-state index in [0.717, 1.165) is 18.9 Å². The van der Waals surface area contributed by atoms with Crippen molar-refractivity contribution < 1.29 is 39.9 Å². The van der Waals surface area contributed by atoms with Crippen LogP contribution in [0.5, 0.6) is 0 Å². The number of rotatable bonds is 13. The van der Waals surface area contributed by atoms with Gasteiger partial charge in [0, 0.05) is 33.9 Å². The first-order chi connectivity index (χ1) is 29.3. The van der Waals surface area contributed by atoms with Crippen molar-refractivity contribution in [3.05, 3.63) is 87.3 Å². The van der Waals surface area contributed by atoms with E-state index in [-0.39, 0.29) is 24.0 Å². The van der Waals surface area contributed by atoms with Gasteiger partial charge in [0.05, 0.1) is 38.1 Å². The van der Waals surface area contributed by atoms with E-state index in [1.807, 2.05) is 40.0 Å². The highest BCUT2D eigenvalue weighted by Crippen LogP contribution is 2.44. The molecule has 2 heterocycles. The lowest BCUT2D eigenvalue weighted by molar-refractivity contribution is -0.106. The van der Waals surface area contributed by atoms with Crippen LogP contribution >= 0.6 is 35.3 Å². The fraction of sp³-hybridized carbons (Fsp3) is 0.442. The summed E-state index contributed by atoms with van der Waals surface area (Å²) in [7, 11) is 1.73. The molecule has 2 aliphatic rings. The fourth-order valence-electron chi connectivity index (χ4n) is 6.33. The van der Waals surface area contributed by atoms with Gasteiger partial charge in [0.2, 0.25) is 6.41 Å². The van der Waals surface area contributed by atoms with Crippen molar-refractivity contribution in [3.8, 4) is 23.0 Å². The number of nitrogens with one attached hydrogen (secondary N) is 2. The first kappa shape index (κ1) is 50.3. The Balaban J connectivity index is 0.000000394. The molecule has 0 saturated heterocycles. The largest absolute Gasteiger partial charge is 0.397 e. The number of anilines is 1. The third kappa shape index (κ3) is 12.4. The molecular formula is C43H48ClF8N7OS2. The number of carbonyl (C=O) groups is 1. The van der Waals surface area contributed by atoms with Crippen molar-refractivity contribution >= 4 is 64.2 Å². The quantitative estimate of drug-likeness (QED) is 0.0526. The first-order valence-electron chi connectivity index (χ1n) is 19.6. The molecule has 2 saturated carbocycles. The number of carbonyl (C=O) groups excluding carboxylic acids is 1. The Morgan fingerprint density at radius 3 is 2.31 bits per heavy atom. The molecule has 0 bridgehead atoms. The molecule has 2 aromatic heterocycles. The Morgan fingerprint density at radius 1 is 1.10 bits per heavy atom. The Morgan fingerprint density at radius 2 is 1.74 bits per heavy atom. The van der Waals surface area contributed by atoms with Crippen LogP contribution in [0.25, 0.3) is 22.0 Å². The zero-order chi connectivity index (χ0) is 46.1. The topological polar surface area (TPSA) is 110 Å². The summed E-state index contributed by atoms with van der Waals surface area (Å²) in [6.45, 7) is 8.58. The minimum atomic E-state index is -3.39. The highest BCUT2D eigenvalue weighted by atomic mass is 35.5. The lowest BCUT2D eigenvalue weighted by atomic mass is 9.94. The number of amides is 1. The van der Waals surface area contributed by atoms with Gasteiger partial charge in [-0.05, 0) is 107 Å². The van der Waals surface area contributed by atoms with Crippen molar-refractivity contribution in [2.24, 2.45) is 16.6 Å². The van der Waals surface area contributed by atoms with Crippen LogP contribution in [0.1, 0.15) is 76.9 Å². The molecule has 2 atom stereocenters. The molecule has 2 aromatic carbocycles. The molecule has 0 aliphatic heterocycles. The molecule has 4 aromatic rings. The van der Waals surface area contributed by atoms with Gasteiger partial charge in [-0.2, -0.15) is 13.9 Å². The van der Waals surface area contributed by atoms with Crippen LogP contribution in [0.3, 0.4) is 0 Å². The molecule has 19 heteroatoms. The summed E-state index contributed by atoms with van der Waals surface area (Å²) >= 11 is 9.80. The summed E-state index contributed by atoms with van der Waals surface area (Å²) < 4.78 is 112. The van der Waals surface area contributed by atoms with Crippen molar-refractivity contribution in [1.29, 1.82) is 0 Å². The van der Waals surface area contributed by atoms with Crippen molar-refractivity contribution in [2.45, 2.75) is 102 Å². The molecule has 4 N–H and O–H groups in total. The second-order valence-electron chi connectivity index (χ2n) is 14.6. The SMILES string of the molecule is CC.CNC(Cc1cc(F)cc(F)c1)c1nc(C#CC(C)(C)SC)ccc1-c1ccc(Cl)c2c(NSC3CC3)nn(CC(F)F)c12.C[C@@H]1C/C(=C(/N)C(F)F)C(=NC=O)C1(F)F. The van der Waals surface area contributed by atoms with Gasteiger partial charge in [0.25, 0.3) is 18.8 Å². The monoisotopic (exact) mass is 929 g/mol. The lowest BCUT2D eigenvalue weighted by Crippen LogP contribution is -2.29. The van der Waals surface area contributed by atoms with E-state index in [0.29, 0.717) is 55.1 Å². The van der Waals surface area contributed by atoms with Gasteiger partial charge in [-0.25, -0.2) is 36.3 Å². The number of hydrogen-bond acceptors (Lipinski definition) is 8. The third-order valence-electron chi connectivity index (χ3n) is 9.75. The maximum absolute atomic E-state index is 14.1. The zero-order valence-corrected chi connectivity index (χ0v) is 37.4. The highest BCUT2D eigenvalue weighted by Gasteiger charge is 2.51. The number of hydrogen-bond donors (Lipinski definition) is 3. The van der Waals surface area contributed by atoms with Crippen LogP contribution in [0, 0.1) is 29.4 Å². The molecule has 62 heavy (non-hydrogen) atoms. The average Bonchev–Trinajstić information content (AvgIpc) is 3.95. The molecular weight excluding hydrogens is 882 g/mol. The van der Waals surface area contributed by atoms with E-state index in [4.69, 9.17) is 22.3 Å². The number of halogens is 9. The molecule has 2 fully saturated rings. The van der Waals surface area contributed by atoms with Crippen molar-refractivity contribution in [3.63, 3.8) is 0 Å². The van der Waals surface area contributed by atoms with E-state index in [9.17, 15) is 39.9 Å². The summed E-state index contributed by atoms with van der Waals surface area (Å²) in [5, 5.41) is 9.10. The molecule has 0 radical (unpaired) electrons. The van der Waals surface area contributed by atoms with Crippen LogP contribution in [0.2, 0.25) is 5.02 Å². The molecule has 336 valence electrons. The number of nitrogens with two attached hydrogens (primary N) is 1. The number of aliphatic imine (C=N–C) groups is 1. The van der Waals surface area contributed by atoms with Crippen LogP contribution < -0.4 is 15.8 Å². The molecule has 8 nitrogen and oxygen atoms in total. The summed E-state index contributed by atoms with van der Waals surface area (Å²) in [4.78, 5) is 18.0. The van der Waals surface area contributed by atoms with E-state index in [1.54, 1.807) is 37.0 Å². The fourth-order valence-corrected chi connectivity index (χ4v) is 7.52. The average molecular weight is 930 g/mol. The number of alkyl halides is 6. The predicted octanol–water partition coefficient (Wildman–Crippen LogP) is 11.3. The van der Waals surface area contributed by atoms with E-state index < -0.39 is 65.9 Å². The van der Waals surface area contributed by atoms with Crippen LogP contribution in [0.4, 0.5) is 40.9 Å². The van der Waals surface area contributed by atoms with Gasteiger partial charge in [-0.15, -0.1) is 11.8 Å². The van der Waals surface area contributed by atoms with Gasteiger partial charge in [-0.1, -0.05) is 44.4 Å². The number of thioether (sulfide) groups is 1. The normalized spacial score (nSPS) is 17.8. The summed E-state index contributed by atoms with van der Waals surface area (Å²) in [5.41, 5.74) is 5.88. The van der Waals surface area contributed by atoms with E-state index >= 15 is 0 Å². The minimum absolute atomic E-state index is 0.0972. The van der Waals surface area contributed by atoms with Crippen LogP contribution in [-0.2, 0) is 17.8 Å². The predicted molar refractivity (Wildman–Crippen MR) is 235 cm³/mol. The van der Waals surface area contributed by atoms with Crippen LogP contribution in [0.15, 0.2) is 58.7 Å². The number of pyridine rings is 1. The van der Waals surface area contributed by atoms with E-state index in [1.165, 1.54) is 35.7 Å². The van der Waals surface area contributed by atoms with Crippen molar-refractivity contribution in [1.82, 2.24) is 20.1 Å². The Hall–Kier alpha value is -4.31. The Bertz CT molecular complexity index is 2320. The van der Waals surface area contributed by atoms with Gasteiger partial charge in [0.15, 0.2) is 5.82 Å². The first-order valence-corrected chi connectivity index (χ1v) is 22.1.